The fourth-order valence-corrected chi connectivity index (χ4v) is 3.20. The number of rotatable bonds is 8. The van der Waals surface area contributed by atoms with Crippen molar-refractivity contribution in [2.24, 2.45) is 11.8 Å². The highest BCUT2D eigenvalue weighted by Gasteiger charge is 2.26. The number of hydrogen-bond acceptors (Lipinski definition) is 5. The van der Waals surface area contributed by atoms with Crippen molar-refractivity contribution in [3.05, 3.63) is 23.8 Å². The molecule has 1 fully saturated rings. The van der Waals surface area contributed by atoms with E-state index >= 15 is 0 Å². The van der Waals surface area contributed by atoms with Crippen LogP contribution in [0.3, 0.4) is 0 Å². The number of piperidine rings is 1. The summed E-state index contributed by atoms with van der Waals surface area (Å²) in [6, 6.07) is 7.54. The van der Waals surface area contributed by atoms with Gasteiger partial charge in [-0.25, -0.2) is 0 Å². The maximum Gasteiger partial charge on any atom is 0.222 e. The van der Waals surface area contributed by atoms with Crippen LogP contribution in [0.2, 0.25) is 0 Å². The smallest absolute Gasteiger partial charge is 0.222 e. The molecule has 1 aliphatic rings. The molecule has 1 aliphatic heterocycles. The summed E-state index contributed by atoms with van der Waals surface area (Å²) in [5.74, 6) is 1.26. The average Bonchev–Trinajstić information content (AvgIpc) is 2.61. The number of nitrogens with zero attached hydrogens (tertiary/aromatic N) is 2. The fourth-order valence-electron chi connectivity index (χ4n) is 3.20. The van der Waals surface area contributed by atoms with Crippen molar-refractivity contribution in [3.8, 4) is 6.07 Å². The van der Waals surface area contributed by atoms with Gasteiger partial charge in [-0.3, -0.25) is 4.79 Å². The van der Waals surface area contributed by atoms with Crippen LogP contribution in [0.5, 0.6) is 0 Å². The molecule has 1 aromatic rings. The molecule has 2 unspecified atom stereocenters. The van der Waals surface area contributed by atoms with Gasteiger partial charge in [0.25, 0.3) is 0 Å². The maximum absolute atomic E-state index is 11.8. The fraction of sp³-hybridized carbons (Fsp3) is 0.579. The molecule has 2 atom stereocenters. The first-order valence-electron chi connectivity index (χ1n) is 9.00. The molecular weight excluding hydrogens is 314 g/mol. The number of anilines is 2. The van der Waals surface area contributed by atoms with Gasteiger partial charge in [-0.05, 0) is 49.9 Å². The van der Waals surface area contributed by atoms with Gasteiger partial charge in [0.2, 0.25) is 5.91 Å². The molecule has 0 saturated carbocycles. The number of benzene rings is 1. The van der Waals surface area contributed by atoms with Gasteiger partial charge in [0.1, 0.15) is 6.07 Å². The molecule has 4 N–H and O–H groups in total. The summed E-state index contributed by atoms with van der Waals surface area (Å²) >= 11 is 0. The monoisotopic (exact) mass is 343 g/mol. The molecule has 2 rings (SSSR count). The van der Waals surface area contributed by atoms with E-state index in [2.05, 4.69) is 23.6 Å². The Morgan fingerprint density at radius 1 is 1.44 bits per heavy atom. The van der Waals surface area contributed by atoms with Crippen LogP contribution in [0.15, 0.2) is 18.2 Å². The van der Waals surface area contributed by atoms with Gasteiger partial charge in [0.05, 0.1) is 16.9 Å². The van der Waals surface area contributed by atoms with E-state index < -0.39 is 0 Å². The second kappa shape index (κ2) is 9.28. The Bertz CT molecular complexity index is 625. The molecule has 0 aromatic heterocycles. The van der Waals surface area contributed by atoms with Crippen molar-refractivity contribution in [2.75, 3.05) is 44.3 Å². The molecule has 0 bridgehead atoms. The number of nitriles is 1. The lowest BCUT2D eigenvalue weighted by molar-refractivity contribution is -0.134. The van der Waals surface area contributed by atoms with E-state index in [1.807, 2.05) is 24.1 Å². The highest BCUT2D eigenvalue weighted by atomic mass is 16.2. The third-order valence-corrected chi connectivity index (χ3v) is 5.04. The lowest BCUT2D eigenvalue weighted by atomic mass is 9.85. The number of nitrogen functional groups attached to an aromatic ring is 1. The van der Waals surface area contributed by atoms with E-state index in [1.165, 1.54) is 0 Å². The van der Waals surface area contributed by atoms with E-state index in [0.29, 0.717) is 29.5 Å². The number of amides is 1. The maximum atomic E-state index is 11.8. The van der Waals surface area contributed by atoms with Crippen molar-refractivity contribution in [1.82, 2.24) is 10.2 Å². The highest BCUT2D eigenvalue weighted by Crippen LogP contribution is 2.24. The van der Waals surface area contributed by atoms with Crippen LogP contribution in [0.4, 0.5) is 11.4 Å². The lowest BCUT2D eigenvalue weighted by Gasteiger charge is -2.32. The Morgan fingerprint density at radius 2 is 2.24 bits per heavy atom. The SMILES string of the molecule is CC(CNCCCNc1cccc(C#N)c1N)C1CCN(C)C(=O)C1. The molecule has 25 heavy (non-hydrogen) atoms. The molecule has 1 saturated heterocycles. The van der Waals surface area contributed by atoms with Crippen LogP contribution in [-0.4, -0.2) is 44.0 Å². The summed E-state index contributed by atoms with van der Waals surface area (Å²) in [6.07, 6.45) is 2.74. The topological polar surface area (TPSA) is 94.2 Å². The van der Waals surface area contributed by atoms with Gasteiger partial charge in [-0.2, -0.15) is 5.26 Å². The average molecular weight is 343 g/mol. The van der Waals surface area contributed by atoms with Crippen LogP contribution in [0.1, 0.15) is 31.7 Å². The minimum atomic E-state index is 0.268. The lowest BCUT2D eigenvalue weighted by Crippen LogP contribution is -2.39. The van der Waals surface area contributed by atoms with Crippen molar-refractivity contribution in [3.63, 3.8) is 0 Å². The summed E-state index contributed by atoms with van der Waals surface area (Å²) in [6.45, 7) is 5.75. The van der Waals surface area contributed by atoms with Gasteiger partial charge in [0, 0.05) is 26.6 Å². The van der Waals surface area contributed by atoms with Gasteiger partial charge in [0.15, 0.2) is 0 Å². The van der Waals surface area contributed by atoms with E-state index in [1.54, 1.807) is 6.07 Å². The summed E-state index contributed by atoms with van der Waals surface area (Å²) < 4.78 is 0. The third-order valence-electron chi connectivity index (χ3n) is 5.04. The van der Waals surface area contributed by atoms with Crippen molar-refractivity contribution < 1.29 is 4.79 Å². The Labute approximate surface area is 150 Å². The number of nitrogens with one attached hydrogen (secondary N) is 2. The number of carbonyl (C=O) groups is 1. The van der Waals surface area contributed by atoms with Crippen LogP contribution in [0.25, 0.3) is 0 Å². The Hall–Kier alpha value is -2.26. The van der Waals surface area contributed by atoms with E-state index in [-0.39, 0.29) is 5.91 Å². The van der Waals surface area contributed by atoms with Crippen LogP contribution in [-0.2, 0) is 4.79 Å². The minimum absolute atomic E-state index is 0.268. The summed E-state index contributed by atoms with van der Waals surface area (Å²) in [5, 5.41) is 15.8. The van der Waals surface area contributed by atoms with E-state index in [0.717, 1.165) is 44.7 Å². The first-order chi connectivity index (χ1) is 12.0. The van der Waals surface area contributed by atoms with Crippen LogP contribution < -0.4 is 16.4 Å². The van der Waals surface area contributed by atoms with Crippen molar-refractivity contribution in [2.45, 2.75) is 26.2 Å². The van der Waals surface area contributed by atoms with E-state index in [4.69, 9.17) is 11.0 Å². The molecule has 1 aromatic carbocycles. The normalized spacial score (nSPS) is 18.7. The molecule has 6 nitrogen and oxygen atoms in total. The molecule has 6 heteroatoms. The molecule has 1 amide bonds. The highest BCUT2D eigenvalue weighted by molar-refractivity contribution is 5.76. The summed E-state index contributed by atoms with van der Waals surface area (Å²) in [5.41, 5.74) is 7.78. The quantitative estimate of drug-likeness (QED) is 0.496. The zero-order valence-electron chi connectivity index (χ0n) is 15.2. The number of nitrogens with two attached hydrogens (primary N) is 1. The zero-order chi connectivity index (χ0) is 18.2. The number of likely N-dealkylation sites (tertiary alicyclic amines) is 1. The molecule has 0 aliphatic carbocycles. The first-order valence-corrected chi connectivity index (χ1v) is 9.00. The Kier molecular flexibility index (Phi) is 7.08. The molecule has 136 valence electrons. The van der Waals surface area contributed by atoms with Crippen molar-refractivity contribution in [1.29, 1.82) is 5.26 Å². The largest absolute Gasteiger partial charge is 0.396 e. The third kappa shape index (κ3) is 5.36. The molecule has 0 radical (unpaired) electrons. The van der Waals surface area contributed by atoms with Crippen LogP contribution >= 0.6 is 0 Å². The zero-order valence-corrected chi connectivity index (χ0v) is 15.2. The molecule has 1 heterocycles. The number of para-hydroxylation sites is 1. The van der Waals surface area contributed by atoms with E-state index in [9.17, 15) is 4.79 Å². The van der Waals surface area contributed by atoms with Gasteiger partial charge >= 0.3 is 0 Å². The predicted molar refractivity (Wildman–Crippen MR) is 101 cm³/mol. The molecule has 0 spiro atoms. The molecular formula is C19H29N5O. The Balaban J connectivity index is 1.62. The number of carbonyl (C=O) groups excluding carboxylic acids is 1. The Morgan fingerprint density at radius 3 is 2.96 bits per heavy atom. The van der Waals surface area contributed by atoms with Crippen LogP contribution in [0, 0.1) is 23.2 Å². The standard InChI is InChI=1S/C19H29N5O/c1-14(15-7-10-24(2)18(25)11-15)13-22-8-4-9-23-17-6-3-5-16(12-20)19(17)21/h3,5-6,14-15,22-23H,4,7-11,13,21H2,1-2H3. The second-order valence-corrected chi connectivity index (χ2v) is 6.91. The summed E-state index contributed by atoms with van der Waals surface area (Å²) in [4.78, 5) is 13.6. The summed E-state index contributed by atoms with van der Waals surface area (Å²) in [7, 11) is 1.88. The first kappa shape index (κ1) is 19.1. The van der Waals surface area contributed by atoms with Gasteiger partial charge in [-0.15, -0.1) is 0 Å². The second-order valence-electron chi connectivity index (χ2n) is 6.91. The van der Waals surface area contributed by atoms with Gasteiger partial charge < -0.3 is 21.3 Å². The predicted octanol–water partition coefficient (Wildman–Crippen LogP) is 2.04. The number of hydrogen-bond donors (Lipinski definition) is 3. The minimum Gasteiger partial charge on any atom is -0.396 e. The van der Waals surface area contributed by atoms with Gasteiger partial charge in [-0.1, -0.05) is 13.0 Å². The van der Waals surface area contributed by atoms with Crippen molar-refractivity contribution >= 4 is 17.3 Å².